The van der Waals surface area contributed by atoms with Crippen molar-refractivity contribution in [3.05, 3.63) is 33.0 Å². The molecule has 2 rings (SSSR count). The number of benzene rings is 1. The Labute approximate surface area is 140 Å². The van der Waals surface area contributed by atoms with Gasteiger partial charge in [0.1, 0.15) is 0 Å². The first-order valence-electron chi connectivity index (χ1n) is 5.25. The summed E-state index contributed by atoms with van der Waals surface area (Å²) in [6.45, 7) is 0. The molecule has 12 heteroatoms. The molecule has 1 atom stereocenters. The summed E-state index contributed by atoms with van der Waals surface area (Å²) >= 11 is 14.4. The Morgan fingerprint density at radius 2 is 1.91 bits per heavy atom. The molecule has 1 aliphatic heterocycles. The molecule has 0 amide bonds. The molecule has 0 spiro atoms. The highest BCUT2D eigenvalue weighted by Crippen LogP contribution is 2.41. The van der Waals surface area contributed by atoms with Gasteiger partial charge in [-0.25, -0.2) is 8.57 Å². The van der Waals surface area contributed by atoms with Gasteiger partial charge in [0.25, 0.3) is 0 Å². The number of nitrogens with one attached hydrogen (secondary N) is 1. The lowest BCUT2D eigenvalue weighted by atomic mass is 10.1. The number of halogens is 7. The SMILES string of the molecule is O=S(=O)(OC1C=C(Cl)c2cc(Cl)c(Br)c(F)c2N1)C(F)(F)F. The number of alkyl halides is 3. The highest BCUT2D eigenvalue weighted by Gasteiger charge is 2.49. The molecule has 0 saturated carbocycles. The molecular formula is C10H4BrCl2F4NO3S. The Kier molecular flexibility index (Phi) is 4.71. The van der Waals surface area contributed by atoms with E-state index in [1.54, 1.807) is 0 Å². The summed E-state index contributed by atoms with van der Waals surface area (Å²) in [5.74, 6) is -0.952. The third-order valence-electron chi connectivity index (χ3n) is 2.52. The first-order chi connectivity index (χ1) is 9.94. The summed E-state index contributed by atoms with van der Waals surface area (Å²) in [5, 5.41) is 1.93. The predicted octanol–water partition coefficient (Wildman–Crippen LogP) is 4.44. The van der Waals surface area contributed by atoms with Crippen molar-refractivity contribution in [2.75, 3.05) is 5.32 Å². The molecule has 0 aliphatic carbocycles. The van der Waals surface area contributed by atoms with Gasteiger partial charge in [0.05, 0.1) is 20.2 Å². The van der Waals surface area contributed by atoms with Gasteiger partial charge in [-0.1, -0.05) is 23.2 Å². The summed E-state index contributed by atoms with van der Waals surface area (Å²) in [7, 11) is -5.88. The molecule has 1 aliphatic rings. The van der Waals surface area contributed by atoms with Crippen molar-refractivity contribution < 1.29 is 30.2 Å². The van der Waals surface area contributed by atoms with Crippen LogP contribution in [0.1, 0.15) is 5.56 Å². The lowest BCUT2D eigenvalue weighted by molar-refractivity contribution is -0.0553. The van der Waals surface area contributed by atoms with Crippen LogP contribution in [0.4, 0.5) is 23.2 Å². The summed E-state index contributed by atoms with van der Waals surface area (Å²) in [5.41, 5.74) is -5.91. The Morgan fingerprint density at radius 1 is 1.32 bits per heavy atom. The molecule has 0 bridgehead atoms. The van der Waals surface area contributed by atoms with E-state index >= 15 is 0 Å². The topological polar surface area (TPSA) is 55.4 Å². The van der Waals surface area contributed by atoms with Crippen LogP contribution >= 0.6 is 39.1 Å². The highest BCUT2D eigenvalue weighted by molar-refractivity contribution is 9.10. The van der Waals surface area contributed by atoms with Crippen molar-refractivity contribution in [3.8, 4) is 0 Å². The van der Waals surface area contributed by atoms with Crippen LogP contribution in [0.3, 0.4) is 0 Å². The van der Waals surface area contributed by atoms with Gasteiger partial charge in [-0.3, -0.25) is 0 Å². The zero-order valence-electron chi connectivity index (χ0n) is 10.0. The van der Waals surface area contributed by atoms with Gasteiger partial charge in [-0.15, -0.1) is 0 Å². The fourth-order valence-corrected chi connectivity index (χ4v) is 2.83. The van der Waals surface area contributed by atoms with E-state index < -0.39 is 27.7 Å². The van der Waals surface area contributed by atoms with Crippen LogP contribution < -0.4 is 5.32 Å². The largest absolute Gasteiger partial charge is 0.523 e. The molecule has 1 aromatic carbocycles. The van der Waals surface area contributed by atoms with Crippen LogP contribution in [0.2, 0.25) is 5.02 Å². The molecular weight excluding hydrogens is 441 g/mol. The molecule has 0 aromatic heterocycles. The minimum Gasteiger partial charge on any atom is -0.353 e. The molecule has 1 unspecified atom stereocenters. The second-order valence-electron chi connectivity index (χ2n) is 3.98. The van der Waals surface area contributed by atoms with Crippen LogP contribution in [0, 0.1) is 5.82 Å². The predicted molar refractivity (Wildman–Crippen MR) is 76.4 cm³/mol. The van der Waals surface area contributed by atoms with Gasteiger partial charge in [-0.2, -0.15) is 21.6 Å². The summed E-state index contributed by atoms with van der Waals surface area (Å²) in [6, 6.07) is 1.25. The van der Waals surface area contributed by atoms with Gasteiger partial charge in [0, 0.05) is 5.56 Å². The second-order valence-corrected chi connectivity index (χ2v) is 7.16. The van der Waals surface area contributed by atoms with E-state index in [-0.39, 0.29) is 25.8 Å². The standard InChI is InChI=1S/C10H4BrCl2F4NO3S/c11-7-5(13)1-3-4(12)2-6(18-9(3)8(7)14)21-22(19,20)10(15,16)17/h1-2,6,18H. The van der Waals surface area contributed by atoms with E-state index in [2.05, 4.69) is 25.4 Å². The van der Waals surface area contributed by atoms with Gasteiger partial charge in [-0.05, 0) is 28.1 Å². The molecule has 4 nitrogen and oxygen atoms in total. The monoisotopic (exact) mass is 443 g/mol. The molecule has 1 heterocycles. The minimum absolute atomic E-state index is 0.0214. The number of hydrogen-bond acceptors (Lipinski definition) is 4. The quantitative estimate of drug-likeness (QED) is 0.317. The van der Waals surface area contributed by atoms with Crippen LogP contribution in [0.25, 0.3) is 5.03 Å². The van der Waals surface area contributed by atoms with Crippen molar-refractivity contribution in [3.63, 3.8) is 0 Å². The Morgan fingerprint density at radius 3 is 2.45 bits per heavy atom. The fraction of sp³-hybridized carbons (Fsp3) is 0.200. The summed E-state index contributed by atoms with van der Waals surface area (Å²) in [6.07, 6.45) is -0.981. The molecule has 0 saturated heterocycles. The first kappa shape index (κ1) is 17.8. The van der Waals surface area contributed by atoms with Crippen molar-refractivity contribution >= 4 is 60.0 Å². The number of fused-ring (bicyclic) bond motifs is 1. The van der Waals surface area contributed by atoms with Gasteiger partial charge in [0.2, 0.25) is 0 Å². The maximum absolute atomic E-state index is 14.1. The molecule has 122 valence electrons. The van der Waals surface area contributed by atoms with Crippen molar-refractivity contribution in [2.24, 2.45) is 0 Å². The maximum Gasteiger partial charge on any atom is 0.523 e. The molecule has 1 aromatic rings. The maximum atomic E-state index is 14.1. The first-order valence-corrected chi connectivity index (χ1v) is 8.21. The zero-order chi connectivity index (χ0) is 16.9. The molecule has 1 N–H and O–H groups in total. The second kappa shape index (κ2) is 5.82. The van der Waals surface area contributed by atoms with Crippen LogP contribution in [0.5, 0.6) is 0 Å². The van der Waals surface area contributed by atoms with E-state index in [9.17, 15) is 26.0 Å². The number of rotatable bonds is 2. The van der Waals surface area contributed by atoms with E-state index in [4.69, 9.17) is 23.2 Å². The molecule has 0 fully saturated rings. The third-order valence-corrected chi connectivity index (χ3v) is 5.18. The number of hydrogen-bond donors (Lipinski definition) is 1. The van der Waals surface area contributed by atoms with Crippen molar-refractivity contribution in [2.45, 2.75) is 11.7 Å². The summed E-state index contributed by atoms with van der Waals surface area (Å²) in [4.78, 5) is 0. The third kappa shape index (κ3) is 3.21. The van der Waals surface area contributed by atoms with Gasteiger partial charge >= 0.3 is 15.6 Å². The fourth-order valence-electron chi connectivity index (χ4n) is 1.57. The van der Waals surface area contributed by atoms with Crippen molar-refractivity contribution in [1.29, 1.82) is 0 Å². The van der Waals surface area contributed by atoms with Crippen molar-refractivity contribution in [1.82, 2.24) is 0 Å². The average molecular weight is 445 g/mol. The zero-order valence-corrected chi connectivity index (χ0v) is 13.9. The Hall–Kier alpha value is -0.550. The van der Waals surface area contributed by atoms with Crippen LogP contribution in [-0.4, -0.2) is 20.2 Å². The average Bonchev–Trinajstić information content (AvgIpc) is 2.36. The van der Waals surface area contributed by atoms with E-state index in [0.717, 1.165) is 6.08 Å². The van der Waals surface area contributed by atoms with Gasteiger partial charge < -0.3 is 5.32 Å². The molecule has 0 radical (unpaired) electrons. The number of anilines is 1. The van der Waals surface area contributed by atoms with E-state index in [1.807, 2.05) is 0 Å². The van der Waals surface area contributed by atoms with Crippen LogP contribution in [-0.2, 0) is 14.3 Å². The smallest absolute Gasteiger partial charge is 0.353 e. The summed E-state index contributed by atoms with van der Waals surface area (Å²) < 4.78 is 76.6. The van der Waals surface area contributed by atoms with Gasteiger partial charge in [0.15, 0.2) is 12.0 Å². The Balaban J connectivity index is 2.41. The van der Waals surface area contributed by atoms with E-state index in [1.165, 1.54) is 6.07 Å². The van der Waals surface area contributed by atoms with E-state index in [0.29, 0.717) is 0 Å². The Bertz CT molecular complexity index is 766. The minimum atomic E-state index is -5.88. The van der Waals surface area contributed by atoms with Crippen LogP contribution in [0.15, 0.2) is 16.6 Å². The lowest BCUT2D eigenvalue weighted by Crippen LogP contribution is -2.34. The normalized spacial score (nSPS) is 18.5. The molecule has 22 heavy (non-hydrogen) atoms. The lowest BCUT2D eigenvalue weighted by Gasteiger charge is -2.25. The highest BCUT2D eigenvalue weighted by atomic mass is 79.9.